The molecule has 2 aliphatic heterocycles. The van der Waals surface area contributed by atoms with E-state index in [9.17, 15) is 5.11 Å². The Labute approximate surface area is 73.5 Å². The first kappa shape index (κ1) is 8.48. The Morgan fingerprint density at radius 3 is 2.42 bits per heavy atom. The standard InChI is InChI=1S/C9H18N2O/c12-9(3-6-11-7-9)8-1-4-10-5-2-8/h8,10-12H,1-7H2. The van der Waals surface area contributed by atoms with Crippen molar-refractivity contribution >= 4 is 0 Å². The molecule has 0 aliphatic carbocycles. The fraction of sp³-hybridized carbons (Fsp3) is 1.00. The molecule has 2 fully saturated rings. The molecule has 70 valence electrons. The molecule has 0 aromatic heterocycles. The van der Waals surface area contributed by atoms with Crippen LogP contribution in [0.3, 0.4) is 0 Å². The second-order valence-electron chi connectivity index (χ2n) is 4.05. The van der Waals surface area contributed by atoms with Crippen molar-refractivity contribution in [1.29, 1.82) is 0 Å². The average Bonchev–Trinajstić information content (AvgIpc) is 2.55. The topological polar surface area (TPSA) is 44.3 Å². The molecule has 3 nitrogen and oxygen atoms in total. The number of aliphatic hydroxyl groups is 1. The van der Waals surface area contributed by atoms with E-state index in [-0.39, 0.29) is 5.60 Å². The van der Waals surface area contributed by atoms with Crippen LogP contribution in [0.1, 0.15) is 19.3 Å². The summed E-state index contributed by atoms with van der Waals surface area (Å²) in [6.07, 6.45) is 3.22. The summed E-state index contributed by atoms with van der Waals surface area (Å²) in [5, 5.41) is 16.8. The number of hydrogen-bond donors (Lipinski definition) is 3. The van der Waals surface area contributed by atoms with Gasteiger partial charge in [0.05, 0.1) is 5.60 Å². The van der Waals surface area contributed by atoms with E-state index in [4.69, 9.17) is 0 Å². The molecule has 0 bridgehead atoms. The molecule has 0 radical (unpaired) electrons. The first-order chi connectivity index (χ1) is 5.81. The van der Waals surface area contributed by atoms with E-state index in [1.165, 1.54) is 0 Å². The molecule has 12 heavy (non-hydrogen) atoms. The molecular formula is C9H18N2O. The Morgan fingerprint density at radius 2 is 1.83 bits per heavy atom. The minimum Gasteiger partial charge on any atom is -0.388 e. The molecule has 2 rings (SSSR count). The Balaban J connectivity index is 1.96. The lowest BCUT2D eigenvalue weighted by Gasteiger charge is -2.35. The van der Waals surface area contributed by atoms with Crippen molar-refractivity contribution in [2.45, 2.75) is 24.9 Å². The van der Waals surface area contributed by atoms with Crippen molar-refractivity contribution in [1.82, 2.24) is 10.6 Å². The Kier molecular flexibility index (Phi) is 2.35. The van der Waals surface area contributed by atoms with E-state index in [2.05, 4.69) is 10.6 Å². The fourth-order valence-electron chi connectivity index (χ4n) is 2.41. The van der Waals surface area contributed by atoms with Crippen LogP contribution in [0.2, 0.25) is 0 Å². The van der Waals surface area contributed by atoms with Gasteiger partial charge in [0.1, 0.15) is 0 Å². The van der Waals surface area contributed by atoms with Crippen molar-refractivity contribution in [3.63, 3.8) is 0 Å². The Bertz CT molecular complexity index is 149. The van der Waals surface area contributed by atoms with Crippen molar-refractivity contribution in [2.24, 2.45) is 5.92 Å². The summed E-state index contributed by atoms with van der Waals surface area (Å²) in [6, 6.07) is 0. The van der Waals surface area contributed by atoms with Gasteiger partial charge in [-0.05, 0) is 44.8 Å². The van der Waals surface area contributed by atoms with Crippen LogP contribution in [0.15, 0.2) is 0 Å². The highest BCUT2D eigenvalue weighted by atomic mass is 16.3. The molecule has 3 heteroatoms. The van der Waals surface area contributed by atoms with E-state index >= 15 is 0 Å². The van der Waals surface area contributed by atoms with Crippen molar-refractivity contribution < 1.29 is 5.11 Å². The van der Waals surface area contributed by atoms with E-state index in [1.54, 1.807) is 0 Å². The SMILES string of the molecule is OC1(C2CCNCC2)CCNC1. The molecule has 1 unspecified atom stereocenters. The van der Waals surface area contributed by atoms with Crippen LogP contribution in [0, 0.1) is 5.92 Å². The molecule has 2 saturated heterocycles. The predicted octanol–water partition coefficient (Wildman–Crippen LogP) is -0.290. The van der Waals surface area contributed by atoms with Crippen LogP contribution in [0.4, 0.5) is 0 Å². The third-order valence-electron chi connectivity index (χ3n) is 3.26. The maximum absolute atomic E-state index is 10.2. The van der Waals surface area contributed by atoms with Crippen LogP contribution in [-0.2, 0) is 0 Å². The van der Waals surface area contributed by atoms with Gasteiger partial charge in [0, 0.05) is 6.54 Å². The molecule has 0 aromatic carbocycles. The van der Waals surface area contributed by atoms with E-state index < -0.39 is 0 Å². The van der Waals surface area contributed by atoms with Gasteiger partial charge in [-0.1, -0.05) is 0 Å². The number of rotatable bonds is 1. The van der Waals surface area contributed by atoms with Gasteiger partial charge in [0.2, 0.25) is 0 Å². The van der Waals surface area contributed by atoms with Gasteiger partial charge >= 0.3 is 0 Å². The number of β-amino-alcohol motifs (C(OH)–C–C–N with tert-alkyl or cyclic N) is 1. The summed E-state index contributed by atoms with van der Waals surface area (Å²) >= 11 is 0. The lowest BCUT2D eigenvalue weighted by Crippen LogP contribution is -2.45. The zero-order valence-electron chi connectivity index (χ0n) is 7.47. The number of hydrogen-bond acceptors (Lipinski definition) is 3. The van der Waals surface area contributed by atoms with Crippen molar-refractivity contribution in [3.05, 3.63) is 0 Å². The smallest absolute Gasteiger partial charge is 0.0812 e. The first-order valence-electron chi connectivity index (χ1n) is 4.95. The summed E-state index contributed by atoms with van der Waals surface area (Å²) in [5.74, 6) is 0.522. The monoisotopic (exact) mass is 170 g/mol. The Hall–Kier alpha value is -0.120. The summed E-state index contributed by atoms with van der Waals surface area (Å²) < 4.78 is 0. The van der Waals surface area contributed by atoms with E-state index in [1.807, 2.05) is 0 Å². The zero-order valence-corrected chi connectivity index (χ0v) is 7.47. The predicted molar refractivity (Wildman–Crippen MR) is 48.0 cm³/mol. The van der Waals surface area contributed by atoms with Crippen LogP contribution >= 0.6 is 0 Å². The van der Waals surface area contributed by atoms with Gasteiger partial charge in [0.25, 0.3) is 0 Å². The lowest BCUT2D eigenvalue weighted by molar-refractivity contribution is -0.0121. The maximum atomic E-state index is 10.2. The molecular weight excluding hydrogens is 152 g/mol. The van der Waals surface area contributed by atoms with Crippen molar-refractivity contribution in [3.8, 4) is 0 Å². The molecule has 0 spiro atoms. The minimum atomic E-state index is -0.387. The molecule has 0 aromatic rings. The van der Waals surface area contributed by atoms with Gasteiger partial charge in [-0.3, -0.25) is 0 Å². The summed E-state index contributed by atoms with van der Waals surface area (Å²) in [5.41, 5.74) is -0.387. The molecule has 2 aliphatic rings. The number of nitrogens with one attached hydrogen (secondary N) is 2. The molecule has 0 amide bonds. The molecule has 2 heterocycles. The molecule has 3 N–H and O–H groups in total. The van der Waals surface area contributed by atoms with Gasteiger partial charge in [-0.15, -0.1) is 0 Å². The highest BCUT2D eigenvalue weighted by molar-refractivity contribution is 4.95. The van der Waals surface area contributed by atoms with Gasteiger partial charge < -0.3 is 15.7 Å². The normalized spacial score (nSPS) is 38.8. The van der Waals surface area contributed by atoms with E-state index in [0.717, 1.165) is 45.4 Å². The van der Waals surface area contributed by atoms with E-state index in [0.29, 0.717) is 5.92 Å². The summed E-state index contributed by atoms with van der Waals surface area (Å²) in [6.45, 7) is 3.94. The first-order valence-corrected chi connectivity index (χ1v) is 4.95. The second-order valence-corrected chi connectivity index (χ2v) is 4.05. The highest BCUT2D eigenvalue weighted by Crippen LogP contribution is 2.30. The van der Waals surface area contributed by atoms with Crippen LogP contribution in [0.5, 0.6) is 0 Å². The number of piperidine rings is 1. The average molecular weight is 170 g/mol. The van der Waals surface area contributed by atoms with Gasteiger partial charge in [-0.25, -0.2) is 0 Å². The van der Waals surface area contributed by atoms with Crippen molar-refractivity contribution in [2.75, 3.05) is 26.2 Å². The Morgan fingerprint density at radius 1 is 1.08 bits per heavy atom. The fourth-order valence-corrected chi connectivity index (χ4v) is 2.41. The second kappa shape index (κ2) is 3.32. The van der Waals surface area contributed by atoms with Gasteiger partial charge in [-0.2, -0.15) is 0 Å². The zero-order chi connectivity index (χ0) is 8.44. The van der Waals surface area contributed by atoms with Gasteiger partial charge in [0.15, 0.2) is 0 Å². The minimum absolute atomic E-state index is 0.387. The third kappa shape index (κ3) is 1.49. The van der Waals surface area contributed by atoms with Crippen LogP contribution in [0.25, 0.3) is 0 Å². The highest BCUT2D eigenvalue weighted by Gasteiger charge is 2.39. The largest absolute Gasteiger partial charge is 0.388 e. The quantitative estimate of drug-likeness (QED) is 0.507. The third-order valence-corrected chi connectivity index (χ3v) is 3.26. The lowest BCUT2D eigenvalue weighted by atomic mass is 9.80. The molecule has 0 saturated carbocycles. The summed E-state index contributed by atoms with van der Waals surface area (Å²) in [4.78, 5) is 0. The van der Waals surface area contributed by atoms with Crippen LogP contribution < -0.4 is 10.6 Å². The van der Waals surface area contributed by atoms with Crippen LogP contribution in [-0.4, -0.2) is 36.9 Å². The molecule has 1 atom stereocenters. The maximum Gasteiger partial charge on any atom is 0.0812 e. The summed E-state index contributed by atoms with van der Waals surface area (Å²) in [7, 11) is 0.